The fourth-order valence-electron chi connectivity index (χ4n) is 7.65. The lowest BCUT2D eigenvalue weighted by atomic mass is 9.68. The second-order valence-corrected chi connectivity index (χ2v) is 14.5. The average molecular weight is 721 g/mol. The van der Waals surface area contributed by atoms with Crippen molar-refractivity contribution in [3.05, 3.63) is 109 Å². The summed E-state index contributed by atoms with van der Waals surface area (Å²) in [7, 11) is 1.53. The van der Waals surface area contributed by atoms with Gasteiger partial charge in [-0.15, -0.1) is 0 Å². The number of carbonyl (C=O) groups excluding carboxylic acids is 3. The molecule has 2 fully saturated rings. The Bertz CT molecular complexity index is 1770. The highest BCUT2D eigenvalue weighted by Crippen LogP contribution is 2.46. The number of aliphatic hydroxyl groups excluding tert-OH is 1. The van der Waals surface area contributed by atoms with Gasteiger partial charge in [-0.05, 0) is 128 Å². The van der Waals surface area contributed by atoms with Gasteiger partial charge in [-0.2, -0.15) is 0 Å². The largest absolute Gasteiger partial charge is 0.462 e. The topological polar surface area (TPSA) is 108 Å². The molecule has 0 aliphatic heterocycles. The zero-order valence-electron chi connectivity index (χ0n) is 31.1. The molecule has 280 valence electrons. The number of carbonyl (C=O) groups is 3. The van der Waals surface area contributed by atoms with E-state index in [1.807, 2.05) is 24.3 Å². The van der Waals surface area contributed by atoms with Crippen molar-refractivity contribution >= 4 is 17.9 Å². The van der Waals surface area contributed by atoms with Crippen LogP contribution in [-0.2, 0) is 23.9 Å². The Morgan fingerprint density at radius 2 is 1.21 bits per heavy atom. The zero-order valence-corrected chi connectivity index (χ0v) is 31.1. The van der Waals surface area contributed by atoms with E-state index in [9.17, 15) is 14.4 Å². The molecule has 0 aromatic heterocycles. The van der Waals surface area contributed by atoms with Crippen LogP contribution in [0, 0.1) is 17.8 Å². The van der Waals surface area contributed by atoms with E-state index in [1.54, 1.807) is 19.1 Å². The Hall–Kier alpha value is -4.79. The second kappa shape index (κ2) is 18.8. The molecule has 0 amide bonds. The maximum Gasteiger partial charge on any atom is 0.341 e. The molecule has 8 nitrogen and oxygen atoms in total. The molecule has 0 radical (unpaired) electrons. The van der Waals surface area contributed by atoms with Crippen molar-refractivity contribution < 1.29 is 38.4 Å². The summed E-state index contributed by atoms with van der Waals surface area (Å²) in [5.74, 6) is 1.81. The van der Waals surface area contributed by atoms with Crippen LogP contribution < -0.4 is 9.47 Å². The number of methoxy groups -OCH3 is 1. The molecule has 2 aliphatic rings. The van der Waals surface area contributed by atoms with Gasteiger partial charge in [0.05, 0.1) is 31.0 Å². The Morgan fingerprint density at radius 1 is 0.679 bits per heavy atom. The maximum atomic E-state index is 12.9. The molecule has 0 unspecified atom stereocenters. The second-order valence-electron chi connectivity index (χ2n) is 14.5. The third kappa shape index (κ3) is 10.6. The summed E-state index contributed by atoms with van der Waals surface area (Å²) in [6.45, 7) is 12.8. The van der Waals surface area contributed by atoms with E-state index >= 15 is 0 Å². The van der Waals surface area contributed by atoms with E-state index < -0.39 is 18.5 Å². The van der Waals surface area contributed by atoms with Gasteiger partial charge in [0.2, 0.25) is 0 Å². The summed E-state index contributed by atoms with van der Waals surface area (Å²) in [4.78, 5) is 36.6. The van der Waals surface area contributed by atoms with Gasteiger partial charge in [0.15, 0.2) is 0 Å². The highest BCUT2D eigenvalue weighted by molar-refractivity contribution is 5.90. The third-order valence-corrected chi connectivity index (χ3v) is 10.8. The van der Waals surface area contributed by atoms with Gasteiger partial charge < -0.3 is 24.1 Å². The van der Waals surface area contributed by atoms with Gasteiger partial charge in [-0.25, -0.2) is 14.4 Å². The minimum atomic E-state index is -0.659. The first-order chi connectivity index (χ1) is 25.6. The normalized spacial score (nSPS) is 19.8. The minimum Gasteiger partial charge on any atom is -0.462 e. The molecule has 0 atom stereocenters. The highest BCUT2D eigenvalue weighted by Gasteiger charge is 2.32. The standard InChI is InChI=1S/C45H52O8/c1-29(2)43(47)51-25-24-32-6-8-33(9-7-32)35-14-16-38(17-15-35)41-26-39(20-23-42(41)53-45(49)31(4)28-50-5)37-12-10-34(11-13-37)36-18-21-40(22-19-36)52-44(48)30(3)27-46/h10-13,18-23,26,32-33,35,38,46H,1,3-4,6-9,14-17,24-25,27-28H2,2,5H3. The van der Waals surface area contributed by atoms with E-state index in [1.165, 1.54) is 32.8 Å². The molecule has 2 aliphatic carbocycles. The Labute approximate surface area is 313 Å². The Balaban J connectivity index is 1.25. The summed E-state index contributed by atoms with van der Waals surface area (Å²) in [6.07, 6.45) is 10.1. The van der Waals surface area contributed by atoms with Gasteiger partial charge in [0, 0.05) is 12.7 Å². The van der Waals surface area contributed by atoms with Crippen LogP contribution in [0.2, 0.25) is 0 Å². The lowest BCUT2D eigenvalue weighted by Crippen LogP contribution is -2.26. The smallest absolute Gasteiger partial charge is 0.341 e. The number of aliphatic hydroxyl groups is 1. The number of rotatable bonds is 15. The van der Waals surface area contributed by atoms with Crippen molar-refractivity contribution in [2.24, 2.45) is 17.8 Å². The van der Waals surface area contributed by atoms with Gasteiger partial charge in [0.1, 0.15) is 11.5 Å². The van der Waals surface area contributed by atoms with Crippen LogP contribution in [-0.4, -0.2) is 49.9 Å². The Morgan fingerprint density at radius 3 is 1.77 bits per heavy atom. The van der Waals surface area contributed by atoms with Gasteiger partial charge in [-0.1, -0.05) is 75.0 Å². The molecule has 5 rings (SSSR count). The Kier molecular flexibility index (Phi) is 14.0. The van der Waals surface area contributed by atoms with Gasteiger partial charge >= 0.3 is 17.9 Å². The fraction of sp³-hybridized carbons (Fsp3) is 0.400. The molecule has 8 heteroatoms. The lowest BCUT2D eigenvalue weighted by molar-refractivity contribution is -0.139. The maximum absolute atomic E-state index is 12.9. The van der Waals surface area contributed by atoms with E-state index in [0.717, 1.165) is 65.8 Å². The number of ether oxygens (including phenoxy) is 4. The lowest BCUT2D eigenvalue weighted by Gasteiger charge is -2.38. The first-order valence-electron chi connectivity index (χ1n) is 18.6. The molecule has 3 aromatic rings. The number of hydrogen-bond acceptors (Lipinski definition) is 8. The molecule has 3 aromatic carbocycles. The zero-order chi connectivity index (χ0) is 37.9. The summed E-state index contributed by atoms with van der Waals surface area (Å²) >= 11 is 0. The molecule has 0 saturated heterocycles. The summed E-state index contributed by atoms with van der Waals surface area (Å²) in [5.41, 5.74) is 5.82. The van der Waals surface area contributed by atoms with Crippen LogP contribution in [0.1, 0.15) is 76.2 Å². The molecular formula is C45H52O8. The van der Waals surface area contributed by atoms with E-state index in [2.05, 4.69) is 50.1 Å². The first-order valence-corrected chi connectivity index (χ1v) is 18.6. The van der Waals surface area contributed by atoms with Gasteiger partial charge in [-0.3, -0.25) is 0 Å². The van der Waals surface area contributed by atoms with Crippen LogP contribution in [0.4, 0.5) is 0 Å². The van der Waals surface area contributed by atoms with Crippen molar-refractivity contribution in [1.29, 1.82) is 0 Å². The predicted molar refractivity (Wildman–Crippen MR) is 206 cm³/mol. The molecule has 2 saturated carbocycles. The van der Waals surface area contributed by atoms with Crippen molar-refractivity contribution in [3.8, 4) is 33.8 Å². The monoisotopic (exact) mass is 720 g/mol. The molecular weight excluding hydrogens is 668 g/mol. The van der Waals surface area contributed by atoms with E-state index in [-0.39, 0.29) is 29.6 Å². The highest BCUT2D eigenvalue weighted by atomic mass is 16.5. The van der Waals surface area contributed by atoms with Crippen molar-refractivity contribution in [1.82, 2.24) is 0 Å². The van der Waals surface area contributed by atoms with Crippen molar-refractivity contribution in [2.75, 3.05) is 26.9 Å². The predicted octanol–water partition coefficient (Wildman–Crippen LogP) is 9.17. The first kappa shape index (κ1) is 39.4. The molecule has 53 heavy (non-hydrogen) atoms. The number of hydrogen-bond donors (Lipinski definition) is 1. The third-order valence-electron chi connectivity index (χ3n) is 10.8. The van der Waals surface area contributed by atoms with Crippen molar-refractivity contribution in [2.45, 2.75) is 70.6 Å². The average Bonchev–Trinajstić information content (AvgIpc) is 3.18. The van der Waals surface area contributed by atoms with Gasteiger partial charge in [0.25, 0.3) is 0 Å². The van der Waals surface area contributed by atoms with Crippen LogP contribution in [0.15, 0.2) is 103 Å². The van der Waals surface area contributed by atoms with Crippen LogP contribution >= 0.6 is 0 Å². The minimum absolute atomic E-state index is 0.00430. The van der Waals surface area contributed by atoms with E-state index in [4.69, 9.17) is 24.1 Å². The van der Waals surface area contributed by atoms with Crippen LogP contribution in [0.5, 0.6) is 11.5 Å². The van der Waals surface area contributed by atoms with Crippen LogP contribution in [0.25, 0.3) is 22.3 Å². The number of benzene rings is 3. The number of esters is 3. The summed E-state index contributed by atoms with van der Waals surface area (Å²) < 4.78 is 21.7. The quantitative estimate of drug-likeness (QED) is 0.0941. The van der Waals surface area contributed by atoms with Crippen LogP contribution in [0.3, 0.4) is 0 Å². The molecule has 1 N–H and O–H groups in total. The molecule has 0 spiro atoms. The molecule has 0 bridgehead atoms. The fourth-order valence-corrected chi connectivity index (χ4v) is 7.65. The summed E-state index contributed by atoms with van der Waals surface area (Å²) in [6, 6.07) is 21.5. The summed E-state index contributed by atoms with van der Waals surface area (Å²) in [5, 5.41) is 9.11. The SMILES string of the molecule is C=C(C)C(=O)OCCC1CCC(C2CCC(c3cc(-c4ccc(-c5ccc(OC(=O)C(=C)CO)cc5)cc4)ccc3OC(=O)C(=C)COC)CC2)CC1. The van der Waals surface area contributed by atoms with Crippen molar-refractivity contribution in [3.63, 3.8) is 0 Å². The molecule has 0 heterocycles. The van der Waals surface area contributed by atoms with E-state index in [0.29, 0.717) is 35.5 Å².